The van der Waals surface area contributed by atoms with E-state index in [0.717, 1.165) is 0 Å². The molecule has 2 atom stereocenters. The number of methoxy groups -OCH3 is 1. The molecule has 19 heavy (non-hydrogen) atoms. The number of hydrogen-bond donors (Lipinski definition) is 1. The number of nitrogens with zero attached hydrogens (tertiary/aromatic N) is 1. The zero-order valence-electron chi connectivity index (χ0n) is 12.0. The molecule has 6 nitrogen and oxygen atoms in total. The molecule has 1 rings (SSSR count). The van der Waals surface area contributed by atoms with Gasteiger partial charge in [-0.2, -0.15) is 0 Å². The zero-order chi connectivity index (χ0) is 14.6. The lowest BCUT2D eigenvalue weighted by Gasteiger charge is -2.39. The van der Waals surface area contributed by atoms with Gasteiger partial charge in [0.1, 0.15) is 5.60 Å². The summed E-state index contributed by atoms with van der Waals surface area (Å²) in [5.74, 6) is -0.886. The van der Waals surface area contributed by atoms with Gasteiger partial charge in [0.2, 0.25) is 0 Å². The molecule has 0 saturated carbocycles. The third kappa shape index (κ3) is 4.09. The quantitative estimate of drug-likeness (QED) is 0.764. The minimum atomic E-state index is -0.602. The number of carbonyl (C=O) groups excluding carboxylic acids is 2. The lowest BCUT2D eigenvalue weighted by molar-refractivity contribution is -0.150. The number of esters is 1. The molecule has 1 heterocycles. The number of aliphatic hydroxyl groups excluding tert-OH is 1. The Morgan fingerprint density at radius 1 is 1.37 bits per heavy atom. The van der Waals surface area contributed by atoms with Gasteiger partial charge in [-0.1, -0.05) is 0 Å². The summed E-state index contributed by atoms with van der Waals surface area (Å²) < 4.78 is 10.0. The van der Waals surface area contributed by atoms with Crippen LogP contribution in [0.1, 0.15) is 33.6 Å². The average Bonchev–Trinajstić information content (AvgIpc) is 2.34. The number of hydrogen-bond acceptors (Lipinski definition) is 5. The van der Waals surface area contributed by atoms with Crippen LogP contribution in [-0.4, -0.2) is 54.0 Å². The maximum Gasteiger partial charge on any atom is 0.410 e. The van der Waals surface area contributed by atoms with E-state index >= 15 is 0 Å². The van der Waals surface area contributed by atoms with E-state index in [1.165, 1.54) is 12.0 Å². The zero-order valence-corrected chi connectivity index (χ0v) is 12.0. The van der Waals surface area contributed by atoms with E-state index in [-0.39, 0.29) is 6.61 Å². The van der Waals surface area contributed by atoms with Crippen LogP contribution in [0.2, 0.25) is 0 Å². The molecule has 110 valence electrons. The van der Waals surface area contributed by atoms with E-state index in [2.05, 4.69) is 0 Å². The fraction of sp³-hybridized carbons (Fsp3) is 0.846. The number of amides is 1. The first-order chi connectivity index (χ1) is 8.80. The highest BCUT2D eigenvalue weighted by Gasteiger charge is 2.40. The van der Waals surface area contributed by atoms with E-state index < -0.39 is 29.6 Å². The van der Waals surface area contributed by atoms with Gasteiger partial charge in [0.05, 0.1) is 25.7 Å². The summed E-state index contributed by atoms with van der Waals surface area (Å²) in [5.41, 5.74) is -0.602. The van der Waals surface area contributed by atoms with Crippen LogP contribution in [0.4, 0.5) is 4.79 Å². The second-order valence-corrected chi connectivity index (χ2v) is 5.70. The monoisotopic (exact) mass is 273 g/mol. The van der Waals surface area contributed by atoms with Gasteiger partial charge in [0, 0.05) is 6.54 Å². The van der Waals surface area contributed by atoms with E-state index in [0.29, 0.717) is 19.4 Å². The molecule has 1 saturated heterocycles. The molecule has 1 amide bonds. The van der Waals surface area contributed by atoms with Crippen LogP contribution in [0.3, 0.4) is 0 Å². The molecule has 0 aromatic carbocycles. The largest absolute Gasteiger partial charge is 0.469 e. The van der Waals surface area contributed by atoms with Crippen molar-refractivity contribution in [1.82, 2.24) is 4.90 Å². The number of rotatable bonds is 2. The SMILES string of the molecule is COC(=O)[C@@H]1CCCN(C(=O)OC(C)(C)C)[C@@H]1CO. The average molecular weight is 273 g/mol. The predicted molar refractivity (Wildman–Crippen MR) is 68.6 cm³/mol. The molecule has 1 fully saturated rings. The maximum atomic E-state index is 12.1. The molecule has 0 aliphatic carbocycles. The van der Waals surface area contributed by atoms with Crippen molar-refractivity contribution >= 4 is 12.1 Å². The standard InChI is InChI=1S/C13H23NO5/c1-13(2,3)19-12(17)14-7-5-6-9(10(14)8-15)11(16)18-4/h9-10,15H,5-8H2,1-4H3/t9-,10-/m1/s1. The normalized spacial score (nSPS) is 23.9. The fourth-order valence-corrected chi connectivity index (χ4v) is 2.26. The van der Waals surface area contributed by atoms with Gasteiger partial charge in [0.25, 0.3) is 0 Å². The summed E-state index contributed by atoms with van der Waals surface area (Å²) in [7, 11) is 1.31. The van der Waals surface area contributed by atoms with Crippen molar-refractivity contribution < 1.29 is 24.2 Å². The van der Waals surface area contributed by atoms with Crippen molar-refractivity contribution in [2.45, 2.75) is 45.3 Å². The highest BCUT2D eigenvalue weighted by molar-refractivity contribution is 5.75. The molecule has 0 spiro atoms. The number of ether oxygens (including phenoxy) is 2. The molecule has 1 aliphatic heterocycles. The summed E-state index contributed by atoms with van der Waals surface area (Å²) in [6.45, 7) is 5.54. The molecule has 1 aliphatic rings. The van der Waals surface area contributed by atoms with Crippen LogP contribution in [0.5, 0.6) is 0 Å². The van der Waals surface area contributed by atoms with Crippen molar-refractivity contribution in [2.75, 3.05) is 20.3 Å². The second-order valence-electron chi connectivity index (χ2n) is 5.70. The summed E-state index contributed by atoms with van der Waals surface area (Å²) in [6.07, 6.45) is 0.798. The molecular formula is C13H23NO5. The van der Waals surface area contributed by atoms with Crippen LogP contribution in [0.25, 0.3) is 0 Å². The van der Waals surface area contributed by atoms with Gasteiger partial charge < -0.3 is 19.5 Å². The fourth-order valence-electron chi connectivity index (χ4n) is 2.26. The van der Waals surface area contributed by atoms with Gasteiger partial charge >= 0.3 is 12.1 Å². The van der Waals surface area contributed by atoms with Crippen molar-refractivity contribution in [3.05, 3.63) is 0 Å². The summed E-state index contributed by atoms with van der Waals surface area (Å²) in [6, 6.07) is -0.573. The predicted octanol–water partition coefficient (Wildman–Crippen LogP) is 1.17. The maximum absolute atomic E-state index is 12.1. The molecule has 1 N–H and O–H groups in total. The summed E-state index contributed by atoms with van der Waals surface area (Å²) in [5, 5.41) is 9.47. The Bertz CT molecular complexity index is 336. The Kier molecular flexibility index (Phi) is 5.17. The highest BCUT2D eigenvalue weighted by Crippen LogP contribution is 2.26. The number of aliphatic hydroxyl groups is 1. The first-order valence-electron chi connectivity index (χ1n) is 6.48. The van der Waals surface area contributed by atoms with Crippen LogP contribution < -0.4 is 0 Å². The summed E-state index contributed by atoms with van der Waals surface area (Å²) >= 11 is 0. The van der Waals surface area contributed by atoms with E-state index in [1.807, 2.05) is 0 Å². The number of carbonyl (C=O) groups is 2. The Labute approximate surface area is 113 Å². The third-order valence-electron chi connectivity index (χ3n) is 3.10. The Morgan fingerprint density at radius 3 is 2.47 bits per heavy atom. The highest BCUT2D eigenvalue weighted by atomic mass is 16.6. The van der Waals surface area contributed by atoms with E-state index in [9.17, 15) is 14.7 Å². The van der Waals surface area contributed by atoms with Crippen molar-refractivity contribution in [2.24, 2.45) is 5.92 Å². The number of likely N-dealkylation sites (tertiary alicyclic amines) is 1. The Balaban J connectivity index is 2.81. The second kappa shape index (κ2) is 6.23. The van der Waals surface area contributed by atoms with Crippen molar-refractivity contribution in [3.8, 4) is 0 Å². The number of piperidine rings is 1. The van der Waals surface area contributed by atoms with Crippen LogP contribution in [0, 0.1) is 5.92 Å². The van der Waals surface area contributed by atoms with Crippen molar-refractivity contribution in [1.29, 1.82) is 0 Å². The van der Waals surface area contributed by atoms with Gasteiger partial charge in [-0.05, 0) is 33.6 Å². The first-order valence-corrected chi connectivity index (χ1v) is 6.48. The molecule has 0 aromatic heterocycles. The third-order valence-corrected chi connectivity index (χ3v) is 3.10. The van der Waals surface area contributed by atoms with Crippen LogP contribution in [0.15, 0.2) is 0 Å². The Hall–Kier alpha value is -1.30. The molecule has 0 bridgehead atoms. The molecule has 0 aromatic rings. The van der Waals surface area contributed by atoms with E-state index in [1.54, 1.807) is 20.8 Å². The molecular weight excluding hydrogens is 250 g/mol. The van der Waals surface area contributed by atoms with Gasteiger partial charge in [-0.3, -0.25) is 4.79 Å². The van der Waals surface area contributed by atoms with Crippen molar-refractivity contribution in [3.63, 3.8) is 0 Å². The summed E-state index contributed by atoms with van der Waals surface area (Å²) in [4.78, 5) is 25.2. The minimum absolute atomic E-state index is 0.279. The van der Waals surface area contributed by atoms with Crippen LogP contribution in [-0.2, 0) is 14.3 Å². The van der Waals surface area contributed by atoms with Gasteiger partial charge in [0.15, 0.2) is 0 Å². The van der Waals surface area contributed by atoms with Gasteiger partial charge in [-0.25, -0.2) is 4.79 Å². The van der Waals surface area contributed by atoms with Gasteiger partial charge in [-0.15, -0.1) is 0 Å². The first kappa shape index (κ1) is 15.8. The Morgan fingerprint density at radius 2 is 2.00 bits per heavy atom. The lowest BCUT2D eigenvalue weighted by atomic mass is 9.90. The molecule has 6 heteroatoms. The lowest BCUT2D eigenvalue weighted by Crippen LogP contribution is -2.53. The van der Waals surface area contributed by atoms with E-state index in [4.69, 9.17) is 9.47 Å². The molecule has 0 radical (unpaired) electrons. The van der Waals surface area contributed by atoms with Crippen LogP contribution >= 0.6 is 0 Å². The smallest absolute Gasteiger partial charge is 0.410 e. The minimum Gasteiger partial charge on any atom is -0.469 e. The topological polar surface area (TPSA) is 76.1 Å². The molecule has 0 unspecified atom stereocenters.